The summed E-state index contributed by atoms with van der Waals surface area (Å²) in [5.74, 6) is 0. The zero-order valence-electron chi connectivity index (χ0n) is 8.77. The Bertz CT molecular complexity index is 363. The van der Waals surface area contributed by atoms with Gasteiger partial charge < -0.3 is 5.32 Å². The van der Waals surface area contributed by atoms with E-state index in [4.69, 9.17) is 0 Å². The first-order chi connectivity index (χ1) is 6.77. The number of benzene rings is 1. The quantitative estimate of drug-likeness (QED) is 0.655. The molecule has 3 rings (SSSR count). The summed E-state index contributed by atoms with van der Waals surface area (Å²) in [6.07, 6.45) is 3.98. The topological polar surface area (TPSA) is 12.0 Å². The third-order valence-electron chi connectivity index (χ3n) is 3.85. The van der Waals surface area contributed by atoms with E-state index in [1.54, 1.807) is 11.1 Å². The smallest absolute Gasteiger partial charge is 0.00235 e. The van der Waals surface area contributed by atoms with Crippen LogP contribution < -0.4 is 5.32 Å². The van der Waals surface area contributed by atoms with Gasteiger partial charge in [0.25, 0.3) is 0 Å². The molecule has 0 saturated carbocycles. The lowest BCUT2D eigenvalue weighted by Crippen LogP contribution is -2.56. The summed E-state index contributed by atoms with van der Waals surface area (Å²) in [6, 6.07) is 6.95. The van der Waals surface area contributed by atoms with Gasteiger partial charge in [0.2, 0.25) is 0 Å². The van der Waals surface area contributed by atoms with E-state index >= 15 is 0 Å². The Morgan fingerprint density at radius 3 is 2.79 bits per heavy atom. The van der Waals surface area contributed by atoms with Gasteiger partial charge in [-0.05, 0) is 42.7 Å². The van der Waals surface area contributed by atoms with Gasteiger partial charge in [0.1, 0.15) is 0 Å². The van der Waals surface area contributed by atoms with Gasteiger partial charge in [-0.3, -0.25) is 0 Å². The fourth-order valence-corrected chi connectivity index (χ4v) is 2.84. The van der Waals surface area contributed by atoms with Gasteiger partial charge in [-0.25, -0.2) is 0 Å². The Kier molecular flexibility index (Phi) is 1.72. The number of rotatable bonds is 0. The van der Waals surface area contributed by atoms with Crippen LogP contribution in [0.2, 0.25) is 0 Å². The van der Waals surface area contributed by atoms with Crippen molar-refractivity contribution in [3.05, 3.63) is 34.9 Å². The Hall–Kier alpha value is -0.820. The second-order valence-electron chi connectivity index (χ2n) is 5.05. The first-order valence-corrected chi connectivity index (χ1v) is 5.57. The number of hydrogen-bond acceptors (Lipinski definition) is 1. The summed E-state index contributed by atoms with van der Waals surface area (Å²) in [5.41, 5.74) is 5.24. The summed E-state index contributed by atoms with van der Waals surface area (Å²) in [7, 11) is 0. The molecule has 0 bridgehead atoms. The SMILES string of the molecule is Cc1ccc2c(c1)CC1(CC2)CNC1. The van der Waals surface area contributed by atoms with Gasteiger partial charge >= 0.3 is 0 Å². The van der Waals surface area contributed by atoms with E-state index in [0.29, 0.717) is 5.41 Å². The van der Waals surface area contributed by atoms with Crippen molar-refractivity contribution in [2.75, 3.05) is 13.1 Å². The molecule has 74 valence electrons. The van der Waals surface area contributed by atoms with Crippen molar-refractivity contribution in [2.45, 2.75) is 26.2 Å². The fourth-order valence-electron chi connectivity index (χ4n) is 2.84. The summed E-state index contributed by atoms with van der Waals surface area (Å²) in [4.78, 5) is 0. The van der Waals surface area contributed by atoms with E-state index in [0.717, 1.165) is 0 Å². The molecule has 0 atom stereocenters. The second kappa shape index (κ2) is 2.83. The predicted octanol–water partition coefficient (Wildman–Crippen LogP) is 2.07. The molecule has 1 aliphatic carbocycles. The van der Waals surface area contributed by atoms with Crippen LogP contribution in [0, 0.1) is 12.3 Å². The maximum Gasteiger partial charge on any atom is 0.00235 e. The largest absolute Gasteiger partial charge is 0.316 e. The van der Waals surface area contributed by atoms with Gasteiger partial charge in [-0.1, -0.05) is 23.8 Å². The summed E-state index contributed by atoms with van der Waals surface area (Å²) >= 11 is 0. The molecular weight excluding hydrogens is 170 g/mol. The molecule has 1 aliphatic heterocycles. The Balaban J connectivity index is 1.96. The van der Waals surface area contributed by atoms with Gasteiger partial charge in [-0.2, -0.15) is 0 Å². The molecule has 0 aromatic heterocycles. The highest BCUT2D eigenvalue weighted by Gasteiger charge is 2.39. The van der Waals surface area contributed by atoms with Gasteiger partial charge in [0.15, 0.2) is 0 Å². The van der Waals surface area contributed by atoms with Crippen LogP contribution in [0.3, 0.4) is 0 Å². The molecule has 1 spiro atoms. The number of fused-ring (bicyclic) bond motifs is 1. The molecule has 1 aromatic carbocycles. The monoisotopic (exact) mass is 187 g/mol. The highest BCUT2D eigenvalue weighted by atomic mass is 15.0. The fraction of sp³-hybridized carbons (Fsp3) is 0.538. The van der Waals surface area contributed by atoms with E-state index in [9.17, 15) is 0 Å². The third kappa shape index (κ3) is 1.19. The first kappa shape index (κ1) is 8.49. The molecule has 1 nitrogen and oxygen atoms in total. The lowest BCUT2D eigenvalue weighted by atomic mass is 9.68. The predicted molar refractivity (Wildman–Crippen MR) is 58.5 cm³/mol. The number of nitrogens with one attached hydrogen (secondary N) is 1. The van der Waals surface area contributed by atoms with Gasteiger partial charge in [0, 0.05) is 13.1 Å². The Labute approximate surface area is 85.5 Å². The Morgan fingerprint density at radius 1 is 1.21 bits per heavy atom. The highest BCUT2D eigenvalue weighted by molar-refractivity contribution is 5.35. The maximum absolute atomic E-state index is 3.42. The van der Waals surface area contributed by atoms with Crippen molar-refractivity contribution in [1.29, 1.82) is 0 Å². The van der Waals surface area contributed by atoms with Crippen molar-refractivity contribution >= 4 is 0 Å². The van der Waals surface area contributed by atoms with Crippen LogP contribution in [0.15, 0.2) is 18.2 Å². The van der Waals surface area contributed by atoms with Crippen LogP contribution in [0.4, 0.5) is 0 Å². The molecule has 1 heterocycles. The molecule has 1 saturated heterocycles. The minimum absolute atomic E-state index is 0.626. The molecule has 0 amide bonds. The molecule has 0 unspecified atom stereocenters. The van der Waals surface area contributed by atoms with Crippen LogP contribution in [-0.2, 0) is 12.8 Å². The van der Waals surface area contributed by atoms with E-state index < -0.39 is 0 Å². The van der Waals surface area contributed by atoms with Crippen LogP contribution in [-0.4, -0.2) is 13.1 Å². The lowest BCUT2D eigenvalue weighted by molar-refractivity contribution is 0.143. The number of hydrogen-bond donors (Lipinski definition) is 1. The van der Waals surface area contributed by atoms with Gasteiger partial charge in [-0.15, -0.1) is 0 Å². The molecule has 1 fully saturated rings. The van der Waals surface area contributed by atoms with Crippen LogP contribution in [0.5, 0.6) is 0 Å². The van der Waals surface area contributed by atoms with E-state index in [1.807, 2.05) is 0 Å². The highest BCUT2D eigenvalue weighted by Crippen LogP contribution is 2.38. The average molecular weight is 187 g/mol. The normalized spacial score (nSPS) is 22.9. The summed E-state index contributed by atoms with van der Waals surface area (Å²) in [5, 5.41) is 3.42. The maximum atomic E-state index is 3.42. The zero-order chi connectivity index (χ0) is 9.60. The zero-order valence-corrected chi connectivity index (χ0v) is 8.77. The van der Waals surface area contributed by atoms with Crippen LogP contribution >= 0.6 is 0 Å². The lowest BCUT2D eigenvalue weighted by Gasteiger charge is -2.46. The number of aryl methyl sites for hydroxylation is 2. The van der Waals surface area contributed by atoms with E-state index in [2.05, 4.69) is 30.4 Å². The standard InChI is InChI=1S/C13H17N/c1-10-2-3-11-4-5-13(8-14-9-13)7-12(11)6-10/h2-3,6,14H,4-5,7-9H2,1H3. The summed E-state index contributed by atoms with van der Waals surface area (Å²) < 4.78 is 0. The minimum Gasteiger partial charge on any atom is -0.316 e. The van der Waals surface area contributed by atoms with Crippen molar-refractivity contribution in [3.63, 3.8) is 0 Å². The van der Waals surface area contributed by atoms with Gasteiger partial charge in [0.05, 0.1) is 0 Å². The second-order valence-corrected chi connectivity index (χ2v) is 5.05. The van der Waals surface area contributed by atoms with Crippen LogP contribution in [0.1, 0.15) is 23.1 Å². The molecule has 2 aliphatic rings. The van der Waals surface area contributed by atoms with E-state index in [-0.39, 0.29) is 0 Å². The molecule has 0 radical (unpaired) electrons. The minimum atomic E-state index is 0.626. The molecule has 1 heteroatoms. The van der Waals surface area contributed by atoms with E-state index in [1.165, 1.54) is 37.9 Å². The molecule has 1 aromatic rings. The third-order valence-corrected chi connectivity index (χ3v) is 3.85. The first-order valence-electron chi connectivity index (χ1n) is 5.57. The summed E-state index contributed by atoms with van der Waals surface area (Å²) in [6.45, 7) is 4.67. The molecular formula is C13H17N. The van der Waals surface area contributed by atoms with Crippen molar-refractivity contribution in [2.24, 2.45) is 5.41 Å². The molecule has 14 heavy (non-hydrogen) atoms. The van der Waals surface area contributed by atoms with Crippen LogP contribution in [0.25, 0.3) is 0 Å². The molecule has 1 N–H and O–H groups in total. The van der Waals surface area contributed by atoms with Crippen molar-refractivity contribution in [1.82, 2.24) is 5.32 Å². The van der Waals surface area contributed by atoms with Crippen molar-refractivity contribution in [3.8, 4) is 0 Å². The Morgan fingerprint density at radius 2 is 2.07 bits per heavy atom. The van der Waals surface area contributed by atoms with Crippen molar-refractivity contribution < 1.29 is 0 Å². The average Bonchev–Trinajstić information content (AvgIpc) is 2.14.